The second-order valence-corrected chi connectivity index (χ2v) is 7.72. The van der Waals surface area contributed by atoms with Crippen LogP contribution in [0.2, 0.25) is 0 Å². The van der Waals surface area contributed by atoms with Crippen molar-refractivity contribution in [3.05, 3.63) is 6.07 Å². The van der Waals surface area contributed by atoms with Gasteiger partial charge < -0.3 is 34.5 Å². The lowest BCUT2D eigenvalue weighted by Gasteiger charge is -2.34. The predicted molar refractivity (Wildman–Crippen MR) is 118 cm³/mol. The fraction of sp³-hybridized carbons (Fsp3) is 0.571. The van der Waals surface area contributed by atoms with Crippen LogP contribution in [-0.2, 0) is 4.74 Å². The van der Waals surface area contributed by atoms with Gasteiger partial charge in [0.05, 0.1) is 33.3 Å². The van der Waals surface area contributed by atoms with Gasteiger partial charge in [-0.15, -0.1) is 0 Å². The molecule has 2 aromatic rings. The highest BCUT2D eigenvalue weighted by atomic mass is 16.6. The maximum Gasteiger partial charge on any atom is 0.409 e. The predicted octanol–water partition coefficient (Wildman–Crippen LogP) is 2.54. The lowest BCUT2D eigenvalue weighted by Crippen LogP contribution is -2.49. The van der Waals surface area contributed by atoms with Crippen molar-refractivity contribution in [2.45, 2.75) is 20.3 Å². The van der Waals surface area contributed by atoms with Crippen LogP contribution in [0.15, 0.2) is 6.07 Å². The van der Waals surface area contributed by atoms with E-state index in [2.05, 4.69) is 18.8 Å². The van der Waals surface area contributed by atoms with Gasteiger partial charge >= 0.3 is 6.09 Å². The lowest BCUT2D eigenvalue weighted by atomic mass is 10.1. The van der Waals surface area contributed by atoms with Crippen LogP contribution in [0.3, 0.4) is 0 Å². The standard InChI is InChI=1S/C21H31N5O5/c1-13(2)6-11-31-21(27)26-9-7-25(8-10-26)20-23-16-14(19(22)24-20)12-15(28-3)17(29-4)18(16)30-5/h12-13H,6-11H2,1-5H3,(H2,22,23,24). The minimum Gasteiger partial charge on any atom is -0.493 e. The van der Waals surface area contributed by atoms with Gasteiger partial charge in [0.25, 0.3) is 0 Å². The third kappa shape index (κ3) is 4.78. The summed E-state index contributed by atoms with van der Waals surface area (Å²) in [5.74, 6) is 2.64. The zero-order chi connectivity index (χ0) is 22.5. The summed E-state index contributed by atoms with van der Waals surface area (Å²) in [6.45, 7) is 6.81. The Hall–Kier alpha value is -3.17. The molecular weight excluding hydrogens is 402 g/mol. The maximum atomic E-state index is 12.3. The highest BCUT2D eigenvalue weighted by Gasteiger charge is 2.26. The molecule has 0 unspecified atom stereocenters. The van der Waals surface area contributed by atoms with Crippen LogP contribution in [0.4, 0.5) is 16.6 Å². The van der Waals surface area contributed by atoms with Gasteiger partial charge in [-0.2, -0.15) is 4.98 Å². The van der Waals surface area contributed by atoms with E-state index < -0.39 is 0 Å². The van der Waals surface area contributed by atoms with Crippen molar-refractivity contribution in [3.63, 3.8) is 0 Å². The first kappa shape index (κ1) is 22.5. The largest absolute Gasteiger partial charge is 0.493 e. The van der Waals surface area contributed by atoms with Gasteiger partial charge in [-0.1, -0.05) is 13.8 Å². The zero-order valence-electron chi connectivity index (χ0n) is 18.8. The molecule has 170 valence electrons. The van der Waals surface area contributed by atoms with Crippen LogP contribution in [-0.4, -0.2) is 75.1 Å². The monoisotopic (exact) mass is 433 g/mol. The van der Waals surface area contributed by atoms with Crippen molar-refractivity contribution in [2.75, 3.05) is 64.7 Å². The average Bonchev–Trinajstić information content (AvgIpc) is 2.77. The number of nitrogens with two attached hydrogens (primary N) is 1. The van der Waals surface area contributed by atoms with E-state index in [1.807, 2.05) is 4.90 Å². The van der Waals surface area contributed by atoms with Crippen molar-refractivity contribution in [1.29, 1.82) is 0 Å². The molecule has 1 aliphatic heterocycles. The number of anilines is 2. The zero-order valence-corrected chi connectivity index (χ0v) is 18.8. The minimum atomic E-state index is -0.280. The molecule has 0 bridgehead atoms. The van der Waals surface area contributed by atoms with Crippen molar-refractivity contribution in [3.8, 4) is 17.2 Å². The Bertz CT molecular complexity index is 928. The van der Waals surface area contributed by atoms with E-state index in [1.54, 1.807) is 25.2 Å². The summed E-state index contributed by atoms with van der Waals surface area (Å²) < 4.78 is 21.8. The smallest absolute Gasteiger partial charge is 0.409 e. The first-order valence-corrected chi connectivity index (χ1v) is 10.3. The summed E-state index contributed by atoms with van der Waals surface area (Å²) in [4.78, 5) is 25.1. The van der Waals surface area contributed by atoms with Gasteiger partial charge in [0.1, 0.15) is 11.3 Å². The Morgan fingerprint density at radius 1 is 1.06 bits per heavy atom. The molecule has 3 rings (SSSR count). The van der Waals surface area contributed by atoms with Gasteiger partial charge in [-0.3, -0.25) is 0 Å². The number of methoxy groups -OCH3 is 3. The number of hydrogen-bond donors (Lipinski definition) is 1. The topological polar surface area (TPSA) is 112 Å². The van der Waals surface area contributed by atoms with Crippen molar-refractivity contribution in [1.82, 2.24) is 14.9 Å². The van der Waals surface area contributed by atoms with E-state index in [9.17, 15) is 4.79 Å². The second-order valence-electron chi connectivity index (χ2n) is 7.72. The Kier molecular flexibility index (Phi) is 7.09. The summed E-state index contributed by atoms with van der Waals surface area (Å²) in [5.41, 5.74) is 6.78. The molecule has 1 saturated heterocycles. The fourth-order valence-corrected chi connectivity index (χ4v) is 3.44. The summed E-state index contributed by atoms with van der Waals surface area (Å²) in [7, 11) is 4.62. The number of nitrogen functional groups attached to an aromatic ring is 1. The summed E-state index contributed by atoms with van der Waals surface area (Å²) in [5, 5.41) is 0.616. The average molecular weight is 434 g/mol. The molecule has 0 atom stereocenters. The summed E-state index contributed by atoms with van der Waals surface area (Å²) in [6, 6.07) is 1.74. The number of benzene rings is 1. The maximum absolute atomic E-state index is 12.3. The summed E-state index contributed by atoms with van der Waals surface area (Å²) in [6.07, 6.45) is 0.573. The first-order chi connectivity index (χ1) is 14.9. The number of nitrogens with zero attached hydrogens (tertiary/aromatic N) is 4. The van der Waals surface area contributed by atoms with Crippen LogP contribution in [0.25, 0.3) is 10.9 Å². The molecule has 10 heteroatoms. The molecule has 1 fully saturated rings. The molecule has 1 aromatic heterocycles. The second kappa shape index (κ2) is 9.76. The molecule has 10 nitrogen and oxygen atoms in total. The number of rotatable bonds is 7. The van der Waals surface area contributed by atoms with E-state index in [0.29, 0.717) is 78.6 Å². The number of ether oxygens (including phenoxy) is 4. The van der Waals surface area contributed by atoms with E-state index in [4.69, 9.17) is 29.7 Å². The van der Waals surface area contributed by atoms with E-state index in [-0.39, 0.29) is 6.09 Å². The third-order valence-corrected chi connectivity index (χ3v) is 5.25. The van der Waals surface area contributed by atoms with Crippen LogP contribution in [0.5, 0.6) is 17.2 Å². The lowest BCUT2D eigenvalue weighted by molar-refractivity contribution is 0.0960. The Balaban J connectivity index is 1.79. The molecule has 1 aliphatic rings. The minimum absolute atomic E-state index is 0.280. The number of amides is 1. The van der Waals surface area contributed by atoms with E-state index >= 15 is 0 Å². The summed E-state index contributed by atoms with van der Waals surface area (Å²) >= 11 is 0. The van der Waals surface area contributed by atoms with Crippen LogP contribution >= 0.6 is 0 Å². The number of hydrogen-bond acceptors (Lipinski definition) is 9. The molecular formula is C21H31N5O5. The third-order valence-electron chi connectivity index (χ3n) is 5.25. The van der Waals surface area contributed by atoms with Gasteiger partial charge in [0.15, 0.2) is 11.5 Å². The highest BCUT2D eigenvalue weighted by Crippen LogP contribution is 2.44. The van der Waals surface area contributed by atoms with Gasteiger partial charge in [0.2, 0.25) is 11.7 Å². The van der Waals surface area contributed by atoms with E-state index in [0.717, 1.165) is 6.42 Å². The molecule has 2 heterocycles. The van der Waals surface area contributed by atoms with Crippen LogP contribution in [0.1, 0.15) is 20.3 Å². The Labute approximate surface area is 182 Å². The Morgan fingerprint density at radius 2 is 1.74 bits per heavy atom. The first-order valence-electron chi connectivity index (χ1n) is 10.3. The molecule has 1 aromatic carbocycles. The molecule has 0 aliphatic carbocycles. The van der Waals surface area contributed by atoms with Gasteiger partial charge in [-0.25, -0.2) is 9.78 Å². The quantitative estimate of drug-likeness (QED) is 0.704. The number of fused-ring (bicyclic) bond motifs is 1. The number of aromatic nitrogens is 2. The van der Waals surface area contributed by atoms with Crippen molar-refractivity contribution in [2.24, 2.45) is 5.92 Å². The molecule has 0 saturated carbocycles. The number of piperazine rings is 1. The molecule has 0 spiro atoms. The molecule has 1 amide bonds. The van der Waals surface area contributed by atoms with Gasteiger partial charge in [0, 0.05) is 26.2 Å². The number of carbonyl (C=O) groups excluding carboxylic acids is 1. The highest BCUT2D eigenvalue weighted by molar-refractivity contribution is 5.97. The molecule has 2 N–H and O–H groups in total. The van der Waals surface area contributed by atoms with Crippen LogP contribution in [0, 0.1) is 5.92 Å². The van der Waals surface area contributed by atoms with Crippen LogP contribution < -0.4 is 24.8 Å². The van der Waals surface area contributed by atoms with Crippen molar-refractivity contribution < 1.29 is 23.7 Å². The Morgan fingerprint density at radius 3 is 2.32 bits per heavy atom. The van der Waals surface area contributed by atoms with E-state index in [1.165, 1.54) is 7.11 Å². The number of carbonyl (C=O) groups is 1. The van der Waals surface area contributed by atoms with Gasteiger partial charge in [-0.05, 0) is 18.4 Å². The normalized spacial score (nSPS) is 14.1. The molecule has 0 radical (unpaired) electrons. The SMILES string of the molecule is COc1cc2c(N)nc(N3CCN(C(=O)OCCC(C)C)CC3)nc2c(OC)c1OC. The fourth-order valence-electron chi connectivity index (χ4n) is 3.44. The molecule has 31 heavy (non-hydrogen) atoms. The van der Waals surface area contributed by atoms with Crippen molar-refractivity contribution >= 4 is 28.8 Å².